The molecule has 0 radical (unpaired) electrons. The van der Waals surface area contributed by atoms with E-state index >= 15 is 0 Å². The van der Waals surface area contributed by atoms with E-state index in [1.165, 1.54) is 0 Å². The Kier molecular flexibility index (Phi) is 5.06. The third-order valence-corrected chi connectivity index (χ3v) is 5.38. The smallest absolute Gasteiger partial charge is 0.320 e. The number of carbonyl (C=O) groups is 1. The summed E-state index contributed by atoms with van der Waals surface area (Å²) in [6.45, 7) is 0.750. The quantitative estimate of drug-likeness (QED) is 0.868. The van der Waals surface area contributed by atoms with Gasteiger partial charge < -0.3 is 14.6 Å². The summed E-state index contributed by atoms with van der Waals surface area (Å²) < 4.78 is 11.0. The molecule has 0 spiro atoms. The zero-order chi connectivity index (χ0) is 17.1. The van der Waals surface area contributed by atoms with Gasteiger partial charge in [0.05, 0.1) is 20.3 Å². The number of thiophene rings is 1. The zero-order valence-corrected chi connectivity index (χ0v) is 14.6. The standard InChI is InChI=1S/C18H21NO4S/c1-22-14-8-3-6-12(17(14)23-2)16(15-9-5-11-24-15)19-10-4-7-13(19)18(20)21/h3,5-6,8-9,11,13,16H,4,7,10H2,1-2H3,(H,20,21). The van der Waals surface area contributed by atoms with Crippen LogP contribution >= 0.6 is 11.3 Å². The summed E-state index contributed by atoms with van der Waals surface area (Å²) in [6, 6.07) is 9.17. The Hall–Kier alpha value is -2.05. The lowest BCUT2D eigenvalue weighted by molar-refractivity contribution is -0.142. The molecule has 1 aromatic carbocycles. The Morgan fingerprint density at radius 3 is 2.75 bits per heavy atom. The first kappa shape index (κ1) is 16.8. The van der Waals surface area contributed by atoms with Crippen LogP contribution in [0.2, 0.25) is 0 Å². The van der Waals surface area contributed by atoms with Crippen molar-refractivity contribution < 1.29 is 19.4 Å². The minimum atomic E-state index is -0.768. The molecule has 0 saturated carbocycles. The molecule has 2 heterocycles. The highest BCUT2D eigenvalue weighted by Gasteiger charge is 2.38. The molecule has 5 nitrogen and oxygen atoms in total. The van der Waals surface area contributed by atoms with Crippen LogP contribution in [0.3, 0.4) is 0 Å². The predicted molar refractivity (Wildman–Crippen MR) is 93.1 cm³/mol. The van der Waals surface area contributed by atoms with Gasteiger partial charge in [0.15, 0.2) is 11.5 Å². The van der Waals surface area contributed by atoms with E-state index in [1.807, 2.05) is 35.7 Å². The maximum Gasteiger partial charge on any atom is 0.320 e. The van der Waals surface area contributed by atoms with E-state index in [0.717, 1.165) is 23.4 Å². The fourth-order valence-corrected chi connectivity index (χ4v) is 4.30. The molecule has 0 aliphatic carbocycles. The van der Waals surface area contributed by atoms with Crippen LogP contribution in [0.1, 0.15) is 29.3 Å². The van der Waals surface area contributed by atoms with E-state index in [4.69, 9.17) is 9.47 Å². The van der Waals surface area contributed by atoms with Crippen molar-refractivity contribution >= 4 is 17.3 Å². The number of methoxy groups -OCH3 is 2. The van der Waals surface area contributed by atoms with Gasteiger partial charge in [-0.2, -0.15) is 0 Å². The number of nitrogens with zero attached hydrogens (tertiary/aromatic N) is 1. The van der Waals surface area contributed by atoms with Gasteiger partial charge in [-0.3, -0.25) is 9.69 Å². The molecule has 2 atom stereocenters. The highest BCUT2D eigenvalue weighted by molar-refractivity contribution is 7.10. The Bertz CT molecular complexity index is 701. The summed E-state index contributed by atoms with van der Waals surface area (Å²) >= 11 is 1.63. The molecule has 1 N–H and O–H groups in total. The fourth-order valence-electron chi connectivity index (χ4n) is 3.43. The van der Waals surface area contributed by atoms with Gasteiger partial charge in [-0.1, -0.05) is 18.2 Å². The summed E-state index contributed by atoms with van der Waals surface area (Å²) in [4.78, 5) is 14.9. The molecular formula is C18H21NO4S. The van der Waals surface area contributed by atoms with E-state index in [0.29, 0.717) is 17.9 Å². The van der Waals surface area contributed by atoms with Crippen molar-refractivity contribution in [1.29, 1.82) is 0 Å². The van der Waals surface area contributed by atoms with Gasteiger partial charge in [0.25, 0.3) is 0 Å². The maximum absolute atomic E-state index is 11.7. The van der Waals surface area contributed by atoms with Crippen molar-refractivity contribution in [2.45, 2.75) is 24.9 Å². The molecule has 2 unspecified atom stereocenters. The first-order valence-corrected chi connectivity index (χ1v) is 8.78. The molecule has 1 aliphatic heterocycles. The number of likely N-dealkylation sites (tertiary alicyclic amines) is 1. The largest absolute Gasteiger partial charge is 0.493 e. The van der Waals surface area contributed by atoms with Crippen molar-refractivity contribution in [3.63, 3.8) is 0 Å². The van der Waals surface area contributed by atoms with E-state index in [2.05, 4.69) is 4.90 Å². The number of benzene rings is 1. The maximum atomic E-state index is 11.7. The highest BCUT2D eigenvalue weighted by Crippen LogP contribution is 2.43. The molecular weight excluding hydrogens is 326 g/mol. The summed E-state index contributed by atoms with van der Waals surface area (Å²) in [6.07, 6.45) is 1.55. The van der Waals surface area contributed by atoms with Gasteiger partial charge >= 0.3 is 5.97 Å². The van der Waals surface area contributed by atoms with Gasteiger partial charge in [-0.05, 0) is 30.4 Å². The lowest BCUT2D eigenvalue weighted by atomic mass is 10.0. The lowest BCUT2D eigenvalue weighted by Gasteiger charge is -2.32. The van der Waals surface area contributed by atoms with E-state index in [-0.39, 0.29) is 6.04 Å². The average molecular weight is 347 g/mol. The van der Waals surface area contributed by atoms with Gasteiger partial charge in [0.1, 0.15) is 6.04 Å². The molecule has 3 rings (SSSR count). The van der Waals surface area contributed by atoms with Gasteiger partial charge in [0.2, 0.25) is 0 Å². The first-order valence-electron chi connectivity index (χ1n) is 7.90. The monoisotopic (exact) mass is 347 g/mol. The van der Waals surface area contributed by atoms with Crippen molar-refractivity contribution in [2.24, 2.45) is 0 Å². The molecule has 0 amide bonds. The number of hydrogen-bond donors (Lipinski definition) is 1. The van der Waals surface area contributed by atoms with Crippen LogP contribution in [-0.2, 0) is 4.79 Å². The zero-order valence-electron chi connectivity index (χ0n) is 13.8. The predicted octanol–water partition coefficient (Wildman–Crippen LogP) is 3.40. The third-order valence-electron chi connectivity index (χ3n) is 4.45. The number of carboxylic acid groups (broad SMARTS) is 1. The summed E-state index contributed by atoms with van der Waals surface area (Å²) in [5.74, 6) is 0.549. The molecule has 1 aliphatic rings. The molecule has 0 bridgehead atoms. The van der Waals surface area contributed by atoms with Crippen LogP contribution < -0.4 is 9.47 Å². The number of hydrogen-bond acceptors (Lipinski definition) is 5. The van der Waals surface area contributed by atoms with Gasteiger partial charge in [0, 0.05) is 17.0 Å². The number of para-hydroxylation sites is 1. The normalized spacial score (nSPS) is 19.2. The second-order valence-electron chi connectivity index (χ2n) is 5.73. The number of ether oxygens (including phenoxy) is 2. The van der Waals surface area contributed by atoms with Gasteiger partial charge in [-0.15, -0.1) is 11.3 Å². The van der Waals surface area contributed by atoms with Crippen molar-refractivity contribution in [1.82, 2.24) is 4.90 Å². The Morgan fingerprint density at radius 1 is 1.29 bits per heavy atom. The Balaban J connectivity index is 2.12. The minimum Gasteiger partial charge on any atom is -0.493 e. The Labute approximate surface area is 145 Å². The molecule has 24 heavy (non-hydrogen) atoms. The molecule has 6 heteroatoms. The Morgan fingerprint density at radius 2 is 2.12 bits per heavy atom. The van der Waals surface area contributed by atoms with E-state index in [1.54, 1.807) is 25.6 Å². The van der Waals surface area contributed by atoms with Crippen molar-refractivity contribution in [3.05, 3.63) is 46.2 Å². The van der Waals surface area contributed by atoms with E-state index in [9.17, 15) is 9.90 Å². The minimum absolute atomic E-state index is 0.154. The molecule has 1 saturated heterocycles. The SMILES string of the molecule is COc1cccc(C(c2cccs2)N2CCCC2C(=O)O)c1OC. The van der Waals surface area contributed by atoms with Crippen LogP contribution in [0.15, 0.2) is 35.7 Å². The number of aliphatic carboxylic acids is 1. The number of carboxylic acids is 1. The van der Waals surface area contributed by atoms with Crippen LogP contribution in [0.25, 0.3) is 0 Å². The van der Waals surface area contributed by atoms with Crippen LogP contribution in [0, 0.1) is 0 Å². The lowest BCUT2D eigenvalue weighted by Crippen LogP contribution is -2.39. The van der Waals surface area contributed by atoms with Crippen LogP contribution in [0.5, 0.6) is 11.5 Å². The summed E-state index contributed by atoms with van der Waals surface area (Å²) in [7, 11) is 3.23. The van der Waals surface area contributed by atoms with Crippen molar-refractivity contribution in [2.75, 3.05) is 20.8 Å². The van der Waals surface area contributed by atoms with Crippen LogP contribution in [0.4, 0.5) is 0 Å². The van der Waals surface area contributed by atoms with Crippen molar-refractivity contribution in [3.8, 4) is 11.5 Å². The molecule has 1 aromatic heterocycles. The average Bonchev–Trinajstić information content (AvgIpc) is 3.27. The molecule has 2 aromatic rings. The topological polar surface area (TPSA) is 59.0 Å². The second kappa shape index (κ2) is 7.23. The first-order chi connectivity index (χ1) is 11.7. The van der Waals surface area contributed by atoms with Gasteiger partial charge in [-0.25, -0.2) is 0 Å². The molecule has 1 fully saturated rings. The molecule has 128 valence electrons. The summed E-state index contributed by atoms with van der Waals surface area (Å²) in [5, 5.41) is 11.6. The highest BCUT2D eigenvalue weighted by atomic mass is 32.1. The third kappa shape index (κ3) is 2.99. The second-order valence-corrected chi connectivity index (χ2v) is 6.71. The van der Waals surface area contributed by atoms with E-state index < -0.39 is 12.0 Å². The van der Waals surface area contributed by atoms with Crippen LogP contribution in [-0.4, -0.2) is 42.8 Å². The number of rotatable bonds is 6. The fraction of sp³-hybridized carbons (Fsp3) is 0.389. The summed E-state index contributed by atoms with van der Waals surface area (Å²) in [5.41, 5.74) is 0.937.